The second-order valence-electron chi connectivity index (χ2n) is 5.52. The van der Waals surface area contributed by atoms with Crippen LogP contribution in [0.25, 0.3) is 0 Å². The van der Waals surface area contributed by atoms with Gasteiger partial charge in [-0.1, -0.05) is 0 Å². The average Bonchev–Trinajstić information content (AvgIpc) is 2.95. The summed E-state index contributed by atoms with van der Waals surface area (Å²) in [6.45, 7) is 4.81. The van der Waals surface area contributed by atoms with Crippen LogP contribution in [0.1, 0.15) is 38.5 Å². The number of fused-ring (bicyclic) bond motifs is 1. The summed E-state index contributed by atoms with van der Waals surface area (Å²) in [4.78, 5) is 2.67. The van der Waals surface area contributed by atoms with Gasteiger partial charge in [0.25, 0.3) is 0 Å². The normalized spacial score (nSPS) is 39.4. The van der Waals surface area contributed by atoms with E-state index in [1.165, 1.54) is 51.6 Å². The molecule has 0 aliphatic carbocycles. The summed E-state index contributed by atoms with van der Waals surface area (Å²) in [5.41, 5.74) is 0. The molecule has 0 aromatic rings. The van der Waals surface area contributed by atoms with Gasteiger partial charge in [-0.2, -0.15) is 0 Å². The summed E-state index contributed by atoms with van der Waals surface area (Å²) in [6.07, 6.45) is 8.49. The average molecular weight is 224 g/mol. The van der Waals surface area contributed by atoms with Crippen LogP contribution in [0, 0.1) is 0 Å². The van der Waals surface area contributed by atoms with Gasteiger partial charge < -0.3 is 10.1 Å². The number of nitrogens with zero attached hydrogens (tertiary/aromatic N) is 1. The highest BCUT2D eigenvalue weighted by atomic mass is 16.5. The van der Waals surface area contributed by atoms with Gasteiger partial charge in [0.15, 0.2) is 0 Å². The van der Waals surface area contributed by atoms with Crippen LogP contribution in [0.3, 0.4) is 0 Å². The van der Waals surface area contributed by atoms with Crippen molar-refractivity contribution in [2.45, 2.75) is 56.7 Å². The van der Waals surface area contributed by atoms with E-state index in [1.807, 2.05) is 0 Å². The maximum atomic E-state index is 5.65. The zero-order valence-corrected chi connectivity index (χ0v) is 10.2. The highest BCUT2D eigenvalue weighted by molar-refractivity contribution is 4.95. The molecule has 3 unspecified atom stereocenters. The smallest absolute Gasteiger partial charge is 0.0588 e. The molecule has 3 aliphatic rings. The summed E-state index contributed by atoms with van der Waals surface area (Å²) in [7, 11) is 0. The molecule has 3 fully saturated rings. The van der Waals surface area contributed by atoms with E-state index in [4.69, 9.17) is 4.74 Å². The highest BCUT2D eigenvalue weighted by Crippen LogP contribution is 2.27. The van der Waals surface area contributed by atoms with Crippen molar-refractivity contribution in [3.05, 3.63) is 0 Å². The van der Waals surface area contributed by atoms with Gasteiger partial charge >= 0.3 is 0 Å². The minimum atomic E-state index is 0.550. The number of nitrogens with one attached hydrogen (secondary N) is 1. The van der Waals surface area contributed by atoms with Crippen LogP contribution in [0.2, 0.25) is 0 Å². The van der Waals surface area contributed by atoms with Crippen molar-refractivity contribution >= 4 is 0 Å². The van der Waals surface area contributed by atoms with E-state index in [0.29, 0.717) is 6.10 Å². The van der Waals surface area contributed by atoms with E-state index in [9.17, 15) is 0 Å². The first-order valence-electron chi connectivity index (χ1n) is 7.02. The quantitative estimate of drug-likeness (QED) is 0.781. The summed E-state index contributed by atoms with van der Waals surface area (Å²) in [6, 6.07) is 1.62. The number of hydrogen-bond acceptors (Lipinski definition) is 3. The van der Waals surface area contributed by atoms with Gasteiger partial charge in [-0.25, -0.2) is 0 Å². The van der Waals surface area contributed by atoms with Crippen molar-refractivity contribution in [1.82, 2.24) is 10.2 Å². The molecule has 3 atom stereocenters. The van der Waals surface area contributed by atoms with Crippen LogP contribution < -0.4 is 5.32 Å². The first kappa shape index (κ1) is 11.0. The fraction of sp³-hybridized carbons (Fsp3) is 1.00. The number of hydrogen-bond donors (Lipinski definition) is 1. The van der Waals surface area contributed by atoms with Crippen molar-refractivity contribution in [3.63, 3.8) is 0 Å². The van der Waals surface area contributed by atoms with Gasteiger partial charge in [-0.05, 0) is 51.6 Å². The van der Waals surface area contributed by atoms with E-state index in [-0.39, 0.29) is 0 Å². The van der Waals surface area contributed by atoms with E-state index < -0.39 is 0 Å². The van der Waals surface area contributed by atoms with E-state index >= 15 is 0 Å². The minimum Gasteiger partial charge on any atom is -0.378 e. The predicted molar refractivity (Wildman–Crippen MR) is 64.6 cm³/mol. The number of ether oxygens (including phenoxy) is 1. The van der Waals surface area contributed by atoms with Gasteiger partial charge in [-0.3, -0.25) is 4.90 Å². The molecule has 0 spiro atoms. The lowest BCUT2D eigenvalue weighted by Gasteiger charge is -2.22. The Balaban J connectivity index is 1.38. The van der Waals surface area contributed by atoms with Gasteiger partial charge in [0.05, 0.1) is 6.10 Å². The summed E-state index contributed by atoms with van der Waals surface area (Å²) in [5.74, 6) is 0. The molecular weight excluding hydrogens is 200 g/mol. The Morgan fingerprint density at radius 2 is 2.12 bits per heavy atom. The largest absolute Gasteiger partial charge is 0.378 e. The molecular formula is C13H24N2O. The third-order valence-electron chi connectivity index (χ3n) is 4.50. The van der Waals surface area contributed by atoms with Crippen molar-refractivity contribution in [1.29, 1.82) is 0 Å². The molecule has 3 heteroatoms. The molecule has 3 rings (SSSR count). The van der Waals surface area contributed by atoms with Gasteiger partial charge in [0, 0.05) is 25.2 Å². The summed E-state index contributed by atoms with van der Waals surface area (Å²) < 4.78 is 5.65. The van der Waals surface area contributed by atoms with Gasteiger partial charge in [0.2, 0.25) is 0 Å². The maximum absolute atomic E-state index is 5.65. The van der Waals surface area contributed by atoms with Crippen LogP contribution in [0.4, 0.5) is 0 Å². The topological polar surface area (TPSA) is 24.5 Å². The molecule has 0 saturated carbocycles. The Kier molecular flexibility index (Phi) is 3.46. The van der Waals surface area contributed by atoms with E-state index in [0.717, 1.165) is 25.2 Å². The first-order valence-corrected chi connectivity index (χ1v) is 7.02. The van der Waals surface area contributed by atoms with Crippen molar-refractivity contribution in [2.75, 3.05) is 26.2 Å². The Hall–Kier alpha value is -0.120. The predicted octanol–water partition coefficient (Wildman–Crippen LogP) is 1.38. The molecule has 0 aromatic carbocycles. The zero-order valence-electron chi connectivity index (χ0n) is 10.2. The van der Waals surface area contributed by atoms with Crippen LogP contribution in [0.15, 0.2) is 0 Å². The minimum absolute atomic E-state index is 0.550. The van der Waals surface area contributed by atoms with Gasteiger partial charge in [-0.15, -0.1) is 0 Å². The molecule has 0 amide bonds. The van der Waals surface area contributed by atoms with Crippen LogP contribution in [0.5, 0.6) is 0 Å². The SMILES string of the molecule is C1COC(CCNC2CCN3CCCC23)C1. The second-order valence-corrected chi connectivity index (χ2v) is 5.52. The molecule has 3 aliphatic heterocycles. The van der Waals surface area contributed by atoms with Crippen LogP contribution in [-0.4, -0.2) is 49.3 Å². The van der Waals surface area contributed by atoms with Crippen LogP contribution in [-0.2, 0) is 4.74 Å². The lowest BCUT2D eigenvalue weighted by molar-refractivity contribution is 0.103. The third kappa shape index (κ3) is 2.27. The molecule has 92 valence electrons. The summed E-state index contributed by atoms with van der Waals surface area (Å²) in [5, 5.41) is 3.76. The van der Waals surface area contributed by atoms with Crippen molar-refractivity contribution in [2.24, 2.45) is 0 Å². The highest BCUT2D eigenvalue weighted by Gasteiger charge is 2.36. The zero-order chi connectivity index (χ0) is 10.8. The van der Waals surface area contributed by atoms with E-state index in [2.05, 4.69) is 10.2 Å². The lowest BCUT2D eigenvalue weighted by Crippen LogP contribution is -2.40. The maximum Gasteiger partial charge on any atom is 0.0588 e. The van der Waals surface area contributed by atoms with Crippen molar-refractivity contribution < 1.29 is 4.74 Å². The monoisotopic (exact) mass is 224 g/mol. The van der Waals surface area contributed by atoms with Crippen molar-refractivity contribution in [3.8, 4) is 0 Å². The Labute approximate surface area is 98.5 Å². The summed E-state index contributed by atoms with van der Waals surface area (Å²) >= 11 is 0. The molecule has 3 saturated heterocycles. The molecule has 0 radical (unpaired) electrons. The fourth-order valence-corrected chi connectivity index (χ4v) is 3.62. The molecule has 3 heterocycles. The Bertz CT molecular complexity index is 228. The fourth-order valence-electron chi connectivity index (χ4n) is 3.62. The van der Waals surface area contributed by atoms with Crippen LogP contribution >= 0.6 is 0 Å². The van der Waals surface area contributed by atoms with E-state index in [1.54, 1.807) is 0 Å². The first-order chi connectivity index (χ1) is 7.93. The molecule has 1 N–H and O–H groups in total. The molecule has 3 nitrogen and oxygen atoms in total. The second kappa shape index (κ2) is 5.03. The lowest BCUT2D eigenvalue weighted by atomic mass is 10.1. The standard InChI is InChI=1S/C13H24N2O/c1-4-13-12(6-9-15(13)8-1)14-7-5-11-3-2-10-16-11/h11-14H,1-10H2. The Morgan fingerprint density at radius 1 is 1.12 bits per heavy atom. The molecule has 16 heavy (non-hydrogen) atoms. The molecule has 0 aromatic heterocycles. The number of rotatable bonds is 4. The molecule has 0 bridgehead atoms. The van der Waals surface area contributed by atoms with Gasteiger partial charge in [0.1, 0.15) is 0 Å². The Morgan fingerprint density at radius 3 is 3.00 bits per heavy atom. The third-order valence-corrected chi connectivity index (χ3v) is 4.50.